The molecule has 1 unspecified atom stereocenters. The summed E-state index contributed by atoms with van der Waals surface area (Å²) >= 11 is 8.15. The lowest BCUT2D eigenvalue weighted by atomic mass is 10.0. The van der Waals surface area contributed by atoms with Crippen LogP contribution in [0.15, 0.2) is 29.6 Å². The second-order valence-corrected chi connectivity index (χ2v) is 5.97. The molecule has 0 aliphatic carbocycles. The third-order valence-corrected chi connectivity index (χ3v) is 5.10. The van der Waals surface area contributed by atoms with E-state index in [1.54, 1.807) is 11.3 Å². The van der Waals surface area contributed by atoms with E-state index >= 15 is 0 Å². The SMILES string of the molecule is CCNC(c1ccc(CC)cc1)c1scc(C)c1Cl. The van der Waals surface area contributed by atoms with E-state index in [2.05, 4.69) is 55.7 Å². The summed E-state index contributed by atoms with van der Waals surface area (Å²) in [4.78, 5) is 1.21. The molecule has 0 saturated carbocycles. The highest BCUT2D eigenvalue weighted by Gasteiger charge is 2.18. The first-order chi connectivity index (χ1) is 9.17. The van der Waals surface area contributed by atoms with Gasteiger partial charge in [0.15, 0.2) is 0 Å². The summed E-state index contributed by atoms with van der Waals surface area (Å²) < 4.78 is 0. The molecular weight excluding hydrogens is 274 g/mol. The van der Waals surface area contributed by atoms with E-state index in [9.17, 15) is 0 Å². The van der Waals surface area contributed by atoms with Gasteiger partial charge in [-0.3, -0.25) is 0 Å². The number of hydrogen-bond acceptors (Lipinski definition) is 2. The van der Waals surface area contributed by atoms with Crippen molar-refractivity contribution in [2.24, 2.45) is 0 Å². The van der Waals surface area contributed by atoms with E-state index in [0.717, 1.165) is 23.6 Å². The van der Waals surface area contributed by atoms with Crippen LogP contribution in [0, 0.1) is 6.92 Å². The molecule has 2 aromatic rings. The molecule has 1 N–H and O–H groups in total. The van der Waals surface area contributed by atoms with Gasteiger partial charge in [0.2, 0.25) is 0 Å². The summed E-state index contributed by atoms with van der Waals surface area (Å²) in [5, 5.41) is 6.56. The third-order valence-electron chi connectivity index (χ3n) is 3.32. The van der Waals surface area contributed by atoms with E-state index in [1.165, 1.54) is 16.0 Å². The van der Waals surface area contributed by atoms with Gasteiger partial charge in [-0.15, -0.1) is 11.3 Å². The number of nitrogens with one attached hydrogen (secondary N) is 1. The van der Waals surface area contributed by atoms with Crippen LogP contribution >= 0.6 is 22.9 Å². The van der Waals surface area contributed by atoms with Gasteiger partial charge in [-0.1, -0.05) is 49.7 Å². The average molecular weight is 294 g/mol. The van der Waals surface area contributed by atoms with E-state index in [0.29, 0.717) is 0 Å². The number of benzene rings is 1. The Labute approximate surface area is 124 Å². The second kappa shape index (κ2) is 6.56. The Balaban J connectivity index is 2.36. The number of hydrogen-bond donors (Lipinski definition) is 1. The van der Waals surface area contributed by atoms with Crippen LogP contribution in [-0.4, -0.2) is 6.54 Å². The first-order valence-electron chi connectivity index (χ1n) is 6.73. The predicted molar refractivity (Wildman–Crippen MR) is 85.4 cm³/mol. The maximum Gasteiger partial charge on any atom is 0.0686 e. The molecule has 1 nitrogen and oxygen atoms in total. The van der Waals surface area contributed by atoms with Crippen molar-refractivity contribution < 1.29 is 0 Å². The second-order valence-electron chi connectivity index (χ2n) is 4.68. The van der Waals surface area contributed by atoms with Crippen LogP contribution in [-0.2, 0) is 6.42 Å². The van der Waals surface area contributed by atoms with Crippen LogP contribution in [0.3, 0.4) is 0 Å². The molecule has 0 saturated heterocycles. The smallest absolute Gasteiger partial charge is 0.0686 e. The fourth-order valence-corrected chi connectivity index (χ4v) is 3.56. The topological polar surface area (TPSA) is 12.0 Å². The van der Waals surface area contributed by atoms with Gasteiger partial charge in [-0.05, 0) is 42.0 Å². The van der Waals surface area contributed by atoms with Crippen LogP contribution in [0.1, 0.15) is 41.5 Å². The van der Waals surface area contributed by atoms with E-state index in [1.807, 2.05) is 0 Å². The van der Waals surface area contributed by atoms with Crippen LogP contribution < -0.4 is 5.32 Å². The number of aryl methyl sites for hydroxylation is 2. The highest BCUT2D eigenvalue weighted by Crippen LogP contribution is 2.35. The Kier molecular flexibility index (Phi) is 5.03. The molecule has 0 radical (unpaired) electrons. The van der Waals surface area contributed by atoms with Crippen molar-refractivity contribution in [2.45, 2.75) is 33.2 Å². The quantitative estimate of drug-likeness (QED) is 0.820. The lowest BCUT2D eigenvalue weighted by Crippen LogP contribution is -2.21. The Morgan fingerprint density at radius 3 is 2.37 bits per heavy atom. The minimum atomic E-state index is 0.196. The van der Waals surface area contributed by atoms with Crippen LogP contribution in [0.4, 0.5) is 0 Å². The lowest BCUT2D eigenvalue weighted by Gasteiger charge is -2.18. The molecule has 0 amide bonds. The van der Waals surface area contributed by atoms with Crippen molar-refractivity contribution in [2.75, 3.05) is 6.54 Å². The lowest BCUT2D eigenvalue weighted by molar-refractivity contribution is 0.639. The van der Waals surface area contributed by atoms with Gasteiger partial charge in [-0.2, -0.15) is 0 Å². The maximum atomic E-state index is 6.42. The molecule has 1 heterocycles. The van der Waals surface area contributed by atoms with Crippen LogP contribution in [0.25, 0.3) is 0 Å². The molecule has 0 aliphatic heterocycles. The summed E-state index contributed by atoms with van der Waals surface area (Å²) in [6.07, 6.45) is 1.07. The minimum absolute atomic E-state index is 0.196. The van der Waals surface area contributed by atoms with Crippen molar-refractivity contribution in [1.29, 1.82) is 0 Å². The van der Waals surface area contributed by atoms with Gasteiger partial charge in [-0.25, -0.2) is 0 Å². The van der Waals surface area contributed by atoms with E-state index < -0.39 is 0 Å². The fourth-order valence-electron chi connectivity index (χ4n) is 2.16. The molecular formula is C16H20ClNS. The van der Waals surface area contributed by atoms with Crippen LogP contribution in [0.2, 0.25) is 5.02 Å². The number of thiophene rings is 1. The third kappa shape index (κ3) is 3.19. The standard InChI is InChI=1S/C16H20ClNS/c1-4-12-6-8-13(9-7-12)15(18-5-2)16-14(17)11(3)10-19-16/h6-10,15,18H,4-5H2,1-3H3. The molecule has 0 aliphatic rings. The van der Waals surface area contributed by atoms with Gasteiger partial charge >= 0.3 is 0 Å². The average Bonchev–Trinajstić information content (AvgIpc) is 2.77. The van der Waals surface area contributed by atoms with E-state index in [4.69, 9.17) is 11.6 Å². The Morgan fingerprint density at radius 1 is 1.21 bits per heavy atom. The van der Waals surface area contributed by atoms with Crippen molar-refractivity contribution in [3.05, 3.63) is 56.2 Å². The molecule has 0 fully saturated rings. The zero-order valence-corrected chi connectivity index (χ0v) is 13.2. The molecule has 1 aromatic heterocycles. The molecule has 102 valence electrons. The summed E-state index contributed by atoms with van der Waals surface area (Å²) in [6.45, 7) is 7.29. The van der Waals surface area contributed by atoms with Gasteiger partial charge in [0.05, 0.1) is 11.1 Å². The van der Waals surface area contributed by atoms with Crippen molar-refractivity contribution in [3.63, 3.8) is 0 Å². The Bertz CT molecular complexity index is 530. The Hall–Kier alpha value is -0.830. The molecule has 0 bridgehead atoms. The first-order valence-corrected chi connectivity index (χ1v) is 7.98. The molecule has 1 aromatic carbocycles. The van der Waals surface area contributed by atoms with Crippen LogP contribution in [0.5, 0.6) is 0 Å². The van der Waals surface area contributed by atoms with Crippen molar-refractivity contribution in [1.82, 2.24) is 5.32 Å². The van der Waals surface area contributed by atoms with Gasteiger partial charge in [0, 0.05) is 4.88 Å². The Morgan fingerprint density at radius 2 is 1.89 bits per heavy atom. The van der Waals surface area contributed by atoms with Gasteiger partial charge in [0.1, 0.15) is 0 Å². The van der Waals surface area contributed by atoms with E-state index in [-0.39, 0.29) is 6.04 Å². The molecule has 0 spiro atoms. The minimum Gasteiger partial charge on any atom is -0.306 e. The molecule has 1 atom stereocenters. The number of halogens is 1. The summed E-state index contributed by atoms with van der Waals surface area (Å²) in [7, 11) is 0. The largest absolute Gasteiger partial charge is 0.306 e. The zero-order valence-electron chi connectivity index (χ0n) is 11.7. The summed E-state index contributed by atoms with van der Waals surface area (Å²) in [6, 6.07) is 9.01. The van der Waals surface area contributed by atoms with Crippen molar-refractivity contribution >= 4 is 22.9 Å². The monoisotopic (exact) mass is 293 g/mol. The highest BCUT2D eigenvalue weighted by molar-refractivity contribution is 7.10. The van der Waals surface area contributed by atoms with Crippen molar-refractivity contribution in [3.8, 4) is 0 Å². The number of rotatable bonds is 5. The normalized spacial score (nSPS) is 12.6. The molecule has 2 rings (SSSR count). The fraction of sp³-hybridized carbons (Fsp3) is 0.375. The predicted octanol–water partition coefficient (Wildman–Crippen LogP) is 4.97. The zero-order chi connectivity index (χ0) is 13.8. The molecule has 19 heavy (non-hydrogen) atoms. The molecule has 3 heteroatoms. The maximum absolute atomic E-state index is 6.42. The summed E-state index contributed by atoms with van der Waals surface area (Å²) in [5.74, 6) is 0. The van der Waals surface area contributed by atoms with Gasteiger partial charge in [0.25, 0.3) is 0 Å². The summed E-state index contributed by atoms with van der Waals surface area (Å²) in [5.41, 5.74) is 3.81. The highest BCUT2D eigenvalue weighted by atomic mass is 35.5. The van der Waals surface area contributed by atoms with Gasteiger partial charge < -0.3 is 5.32 Å². The first kappa shape index (κ1) is 14.6.